The van der Waals surface area contributed by atoms with Crippen molar-refractivity contribution < 1.29 is 0 Å². The van der Waals surface area contributed by atoms with Gasteiger partial charge in [-0.3, -0.25) is 0 Å². The third-order valence-electron chi connectivity index (χ3n) is 5.54. The van der Waals surface area contributed by atoms with E-state index in [1.54, 1.807) is 0 Å². The fraction of sp³-hybridized carbons (Fsp3) is 0.409. The molecule has 0 aromatic heterocycles. The number of piperidine rings is 1. The van der Waals surface area contributed by atoms with Crippen LogP contribution in [0.2, 0.25) is 0 Å². The molecule has 1 saturated heterocycles. The SMILES string of the molecule is N#Cc1cc(C2CC2CN2CCCCC2)ccc1-c1ccccc1. The first-order valence-electron chi connectivity index (χ1n) is 9.17. The zero-order valence-corrected chi connectivity index (χ0v) is 14.1. The predicted octanol–water partition coefficient (Wildman–Crippen LogP) is 4.81. The topological polar surface area (TPSA) is 27.0 Å². The maximum Gasteiger partial charge on any atom is 0.0998 e. The Morgan fingerprint density at radius 3 is 2.54 bits per heavy atom. The molecule has 2 aliphatic rings. The van der Waals surface area contributed by atoms with Crippen LogP contribution in [0.4, 0.5) is 0 Å². The smallest absolute Gasteiger partial charge is 0.0998 e. The molecule has 2 atom stereocenters. The molecule has 1 aliphatic heterocycles. The highest BCUT2D eigenvalue weighted by Gasteiger charge is 2.39. The summed E-state index contributed by atoms with van der Waals surface area (Å²) >= 11 is 0. The number of nitriles is 1. The molecule has 1 heterocycles. The molecule has 0 radical (unpaired) electrons. The second kappa shape index (κ2) is 6.79. The first kappa shape index (κ1) is 15.4. The molecule has 2 fully saturated rings. The lowest BCUT2D eigenvalue weighted by Gasteiger charge is -2.26. The number of benzene rings is 2. The largest absolute Gasteiger partial charge is 0.303 e. The Labute approximate surface area is 144 Å². The van der Waals surface area contributed by atoms with Gasteiger partial charge in [0.15, 0.2) is 0 Å². The fourth-order valence-electron chi connectivity index (χ4n) is 4.09. The van der Waals surface area contributed by atoms with E-state index in [0.717, 1.165) is 22.6 Å². The van der Waals surface area contributed by atoms with Crippen LogP contribution in [0.25, 0.3) is 11.1 Å². The molecule has 4 rings (SSSR count). The van der Waals surface area contributed by atoms with Crippen LogP contribution >= 0.6 is 0 Å². The summed E-state index contributed by atoms with van der Waals surface area (Å²) in [5.41, 5.74) is 4.34. The van der Waals surface area contributed by atoms with Gasteiger partial charge >= 0.3 is 0 Å². The first-order valence-corrected chi connectivity index (χ1v) is 9.17. The van der Waals surface area contributed by atoms with Crippen LogP contribution in [0.5, 0.6) is 0 Å². The fourth-order valence-corrected chi connectivity index (χ4v) is 4.09. The highest BCUT2D eigenvalue weighted by atomic mass is 15.1. The molecule has 2 aromatic rings. The minimum Gasteiger partial charge on any atom is -0.303 e. The van der Waals surface area contributed by atoms with Gasteiger partial charge in [-0.05, 0) is 66.9 Å². The van der Waals surface area contributed by atoms with Crippen molar-refractivity contribution in [2.45, 2.75) is 31.6 Å². The van der Waals surface area contributed by atoms with Crippen molar-refractivity contribution in [1.82, 2.24) is 4.90 Å². The molecule has 0 amide bonds. The van der Waals surface area contributed by atoms with Crippen molar-refractivity contribution in [3.63, 3.8) is 0 Å². The maximum atomic E-state index is 9.58. The lowest BCUT2D eigenvalue weighted by atomic mass is 9.96. The lowest BCUT2D eigenvalue weighted by Crippen LogP contribution is -2.31. The molecular weight excluding hydrogens is 292 g/mol. The Morgan fingerprint density at radius 1 is 1.00 bits per heavy atom. The van der Waals surface area contributed by atoms with Crippen molar-refractivity contribution in [1.29, 1.82) is 5.26 Å². The quantitative estimate of drug-likeness (QED) is 0.809. The van der Waals surface area contributed by atoms with E-state index in [1.165, 1.54) is 50.9 Å². The van der Waals surface area contributed by atoms with Gasteiger partial charge in [-0.15, -0.1) is 0 Å². The first-order chi connectivity index (χ1) is 11.8. The van der Waals surface area contributed by atoms with E-state index >= 15 is 0 Å². The number of hydrogen-bond donors (Lipinski definition) is 0. The molecule has 0 bridgehead atoms. The van der Waals surface area contributed by atoms with E-state index in [4.69, 9.17) is 0 Å². The van der Waals surface area contributed by atoms with Gasteiger partial charge in [-0.25, -0.2) is 0 Å². The summed E-state index contributed by atoms with van der Waals surface area (Å²) in [4.78, 5) is 2.64. The summed E-state index contributed by atoms with van der Waals surface area (Å²) in [5, 5.41) is 9.58. The van der Waals surface area contributed by atoms with Crippen molar-refractivity contribution in [3.8, 4) is 17.2 Å². The number of nitrogens with zero attached hydrogens (tertiary/aromatic N) is 2. The zero-order chi connectivity index (χ0) is 16.4. The van der Waals surface area contributed by atoms with Gasteiger partial charge in [0, 0.05) is 6.54 Å². The Morgan fingerprint density at radius 2 is 1.79 bits per heavy atom. The molecule has 2 nitrogen and oxygen atoms in total. The van der Waals surface area contributed by atoms with Crippen molar-refractivity contribution in [2.24, 2.45) is 5.92 Å². The van der Waals surface area contributed by atoms with Crippen LogP contribution in [0.15, 0.2) is 48.5 Å². The molecule has 0 N–H and O–H groups in total. The average Bonchev–Trinajstić information content (AvgIpc) is 3.42. The minimum absolute atomic E-state index is 0.656. The summed E-state index contributed by atoms with van der Waals surface area (Å²) in [7, 11) is 0. The van der Waals surface area contributed by atoms with Crippen LogP contribution in [0.1, 0.15) is 42.7 Å². The maximum absolute atomic E-state index is 9.58. The van der Waals surface area contributed by atoms with Gasteiger partial charge < -0.3 is 4.90 Å². The zero-order valence-electron chi connectivity index (χ0n) is 14.1. The van der Waals surface area contributed by atoms with E-state index in [9.17, 15) is 5.26 Å². The van der Waals surface area contributed by atoms with Crippen molar-refractivity contribution in [2.75, 3.05) is 19.6 Å². The molecular formula is C22H24N2. The lowest BCUT2D eigenvalue weighted by molar-refractivity contribution is 0.219. The van der Waals surface area contributed by atoms with Crippen LogP contribution in [0, 0.1) is 17.2 Å². The normalized spacial score (nSPS) is 23.6. The van der Waals surface area contributed by atoms with E-state index in [-0.39, 0.29) is 0 Å². The van der Waals surface area contributed by atoms with E-state index in [1.807, 2.05) is 18.2 Å². The van der Waals surface area contributed by atoms with Gasteiger partial charge in [0.1, 0.15) is 0 Å². The molecule has 2 heteroatoms. The molecule has 0 spiro atoms. The molecule has 2 unspecified atom stereocenters. The van der Waals surface area contributed by atoms with Crippen LogP contribution in [-0.4, -0.2) is 24.5 Å². The Bertz CT molecular complexity index is 738. The summed E-state index contributed by atoms with van der Waals surface area (Å²) in [6, 6.07) is 19.1. The molecule has 24 heavy (non-hydrogen) atoms. The van der Waals surface area contributed by atoms with Crippen molar-refractivity contribution >= 4 is 0 Å². The van der Waals surface area contributed by atoms with E-state index in [2.05, 4.69) is 41.3 Å². The standard InChI is InChI=1S/C22H24N2/c23-15-19-13-18(9-10-21(19)17-7-3-1-4-8-17)22-14-20(22)16-24-11-5-2-6-12-24/h1,3-4,7-10,13,20,22H,2,5-6,11-12,14,16H2. The second-order valence-corrected chi connectivity index (χ2v) is 7.25. The third kappa shape index (κ3) is 3.23. The minimum atomic E-state index is 0.656. The monoisotopic (exact) mass is 316 g/mol. The number of likely N-dealkylation sites (tertiary alicyclic amines) is 1. The molecule has 1 aliphatic carbocycles. The molecule has 122 valence electrons. The Hall–Kier alpha value is -2.11. The Balaban J connectivity index is 1.48. The molecule has 1 saturated carbocycles. The van der Waals surface area contributed by atoms with Gasteiger partial charge in [0.25, 0.3) is 0 Å². The third-order valence-corrected chi connectivity index (χ3v) is 5.54. The second-order valence-electron chi connectivity index (χ2n) is 7.25. The summed E-state index contributed by atoms with van der Waals surface area (Å²) in [6.07, 6.45) is 5.41. The average molecular weight is 316 g/mol. The summed E-state index contributed by atoms with van der Waals surface area (Å²) in [6.45, 7) is 3.80. The van der Waals surface area contributed by atoms with Crippen molar-refractivity contribution in [3.05, 3.63) is 59.7 Å². The number of hydrogen-bond acceptors (Lipinski definition) is 2. The summed E-state index contributed by atoms with van der Waals surface area (Å²) in [5.74, 6) is 1.45. The van der Waals surface area contributed by atoms with Gasteiger partial charge in [-0.1, -0.05) is 48.9 Å². The summed E-state index contributed by atoms with van der Waals surface area (Å²) < 4.78 is 0. The van der Waals surface area contributed by atoms with Gasteiger partial charge in [-0.2, -0.15) is 5.26 Å². The number of rotatable bonds is 4. The van der Waals surface area contributed by atoms with E-state index < -0.39 is 0 Å². The Kier molecular flexibility index (Phi) is 4.36. The van der Waals surface area contributed by atoms with Gasteiger partial charge in [0.2, 0.25) is 0 Å². The van der Waals surface area contributed by atoms with Crippen LogP contribution in [-0.2, 0) is 0 Å². The van der Waals surface area contributed by atoms with Crippen LogP contribution < -0.4 is 0 Å². The predicted molar refractivity (Wildman–Crippen MR) is 97.7 cm³/mol. The highest BCUT2D eigenvalue weighted by Crippen LogP contribution is 2.48. The molecule has 2 aromatic carbocycles. The van der Waals surface area contributed by atoms with E-state index in [0.29, 0.717) is 5.92 Å². The highest BCUT2D eigenvalue weighted by molar-refractivity contribution is 5.71. The van der Waals surface area contributed by atoms with Crippen LogP contribution in [0.3, 0.4) is 0 Å². The van der Waals surface area contributed by atoms with Gasteiger partial charge in [0.05, 0.1) is 11.6 Å².